The van der Waals surface area contributed by atoms with E-state index in [9.17, 15) is 30.3 Å². The van der Waals surface area contributed by atoms with Crippen molar-refractivity contribution in [1.82, 2.24) is 0 Å². The van der Waals surface area contributed by atoms with E-state index in [1.54, 1.807) is 0 Å². The molecule has 0 N–H and O–H groups in total. The first-order valence-electron chi connectivity index (χ1n) is 5.12. The maximum atomic E-state index is 10.9. The molecular formula is C9H7N5O6. The van der Waals surface area contributed by atoms with Crippen LogP contribution in [-0.4, -0.2) is 21.4 Å². The lowest BCUT2D eigenvalue weighted by Gasteiger charge is -2.12. The zero-order valence-electron chi connectivity index (χ0n) is 10.0. The van der Waals surface area contributed by atoms with Gasteiger partial charge in [0.2, 0.25) is 0 Å². The molecule has 11 nitrogen and oxygen atoms in total. The Morgan fingerprint density at radius 2 is 1.60 bits per heavy atom. The summed E-state index contributed by atoms with van der Waals surface area (Å²) in [6, 6.07) is 3.05. The zero-order chi connectivity index (χ0) is 15.4. The minimum absolute atomic E-state index is 0.289. The molecule has 0 aliphatic carbocycles. The van der Waals surface area contributed by atoms with Crippen molar-refractivity contribution in [3.63, 3.8) is 0 Å². The Kier molecular flexibility index (Phi) is 4.11. The Hall–Kier alpha value is -3.29. The van der Waals surface area contributed by atoms with Gasteiger partial charge in [-0.25, -0.2) is 10.1 Å². The van der Waals surface area contributed by atoms with Crippen molar-refractivity contribution in [3.05, 3.63) is 48.0 Å². The van der Waals surface area contributed by atoms with Crippen LogP contribution in [0.4, 0.5) is 17.1 Å². The second-order valence-corrected chi connectivity index (χ2v) is 3.44. The lowest BCUT2D eigenvalue weighted by molar-refractivity contribution is -0.497. The third kappa shape index (κ3) is 2.58. The number of nitriles is 1. The lowest BCUT2D eigenvalue weighted by atomic mass is 10.1. The van der Waals surface area contributed by atoms with Crippen molar-refractivity contribution in [2.24, 2.45) is 0 Å². The van der Waals surface area contributed by atoms with E-state index in [0.29, 0.717) is 0 Å². The highest BCUT2D eigenvalue weighted by atomic mass is 16.7. The van der Waals surface area contributed by atoms with Gasteiger partial charge in [0.25, 0.3) is 5.69 Å². The predicted molar refractivity (Wildman–Crippen MR) is 64.5 cm³/mol. The Labute approximate surface area is 111 Å². The van der Waals surface area contributed by atoms with E-state index in [0.717, 1.165) is 12.1 Å². The van der Waals surface area contributed by atoms with Crippen LogP contribution in [0, 0.1) is 41.7 Å². The van der Waals surface area contributed by atoms with Crippen LogP contribution < -0.4 is 5.01 Å². The summed E-state index contributed by atoms with van der Waals surface area (Å²) in [7, 11) is 0. The number of nitro groups is 3. The summed E-state index contributed by atoms with van der Waals surface area (Å²) in [6.45, 7) is 0.995. The number of hydrogen-bond acceptors (Lipinski definition) is 7. The molecule has 0 aliphatic heterocycles. The van der Waals surface area contributed by atoms with Gasteiger partial charge < -0.3 is 0 Å². The minimum atomic E-state index is -1.00. The Morgan fingerprint density at radius 1 is 1.15 bits per heavy atom. The fraction of sp³-hybridized carbons (Fsp3) is 0.222. The maximum Gasteiger partial charge on any atom is 0.307 e. The summed E-state index contributed by atoms with van der Waals surface area (Å²) in [5.74, 6) is 0. The molecule has 1 rings (SSSR count). The molecule has 0 fully saturated rings. The van der Waals surface area contributed by atoms with E-state index < -0.39 is 31.9 Å². The number of nitrogens with zero attached hydrogens (tertiary/aromatic N) is 5. The molecule has 0 aliphatic rings. The van der Waals surface area contributed by atoms with Crippen LogP contribution in [0.3, 0.4) is 0 Å². The van der Waals surface area contributed by atoms with Crippen molar-refractivity contribution in [3.8, 4) is 6.07 Å². The molecule has 20 heavy (non-hydrogen) atoms. The largest absolute Gasteiger partial charge is 0.307 e. The van der Waals surface area contributed by atoms with Gasteiger partial charge >= 0.3 is 11.4 Å². The van der Waals surface area contributed by atoms with E-state index in [2.05, 4.69) is 0 Å². The Bertz CT molecular complexity index is 601. The number of benzene rings is 1. The van der Waals surface area contributed by atoms with Gasteiger partial charge in [-0.15, -0.1) is 0 Å². The molecular weight excluding hydrogens is 274 g/mol. The molecule has 1 aromatic carbocycles. The maximum absolute atomic E-state index is 10.9. The number of nitro benzene ring substituents is 2. The van der Waals surface area contributed by atoms with Crippen LogP contribution >= 0.6 is 0 Å². The first kappa shape index (κ1) is 14.8. The van der Waals surface area contributed by atoms with Crippen molar-refractivity contribution < 1.29 is 14.9 Å². The molecule has 0 saturated heterocycles. The van der Waals surface area contributed by atoms with Gasteiger partial charge in [0.1, 0.15) is 0 Å². The highest BCUT2D eigenvalue weighted by molar-refractivity contribution is 5.76. The summed E-state index contributed by atoms with van der Waals surface area (Å²) in [4.78, 5) is 30.7. The van der Waals surface area contributed by atoms with Gasteiger partial charge in [-0.2, -0.15) is 5.26 Å². The van der Waals surface area contributed by atoms with Gasteiger partial charge in [0, 0.05) is 12.1 Å². The molecule has 0 heterocycles. The normalized spacial score (nSPS) is 9.60. The summed E-state index contributed by atoms with van der Waals surface area (Å²) in [5.41, 5.74) is -2.82. The topological polar surface area (TPSA) is 156 Å². The molecule has 0 amide bonds. The van der Waals surface area contributed by atoms with Crippen LogP contribution in [0.1, 0.15) is 12.5 Å². The van der Waals surface area contributed by atoms with Crippen molar-refractivity contribution in [1.29, 1.82) is 5.26 Å². The Balaban J connectivity index is 3.77. The molecule has 104 valence electrons. The van der Waals surface area contributed by atoms with Crippen LogP contribution in [0.2, 0.25) is 0 Å². The molecule has 0 radical (unpaired) electrons. The fourth-order valence-electron chi connectivity index (χ4n) is 1.57. The molecule has 0 spiro atoms. The molecule has 0 atom stereocenters. The quantitative estimate of drug-likeness (QED) is 0.578. The van der Waals surface area contributed by atoms with E-state index in [1.165, 1.54) is 13.0 Å². The first-order valence-corrected chi connectivity index (χ1v) is 5.12. The number of rotatable bonds is 5. The van der Waals surface area contributed by atoms with Crippen molar-refractivity contribution >= 4 is 17.1 Å². The van der Waals surface area contributed by atoms with E-state index in [1.807, 2.05) is 0 Å². The van der Waals surface area contributed by atoms with Crippen LogP contribution in [0.15, 0.2) is 12.1 Å². The average molecular weight is 281 g/mol. The number of hydrogen-bond donors (Lipinski definition) is 0. The SMILES string of the molecule is CCN(c1c([N+](=O)[O-])cc(C#N)cc1[N+](=O)[O-])[N+](=O)[O-]. The number of anilines is 1. The standard InChI is InChI=1S/C9H7N5O6/c1-2-11(14(19)20)9-7(12(15)16)3-6(5-10)4-8(9)13(17)18/h3-4H,2H2,1H3. The van der Waals surface area contributed by atoms with E-state index in [-0.39, 0.29) is 17.1 Å². The molecule has 0 aromatic heterocycles. The number of hydrazine groups is 1. The van der Waals surface area contributed by atoms with Gasteiger partial charge in [0.15, 0.2) is 5.03 Å². The zero-order valence-corrected chi connectivity index (χ0v) is 10.0. The van der Waals surface area contributed by atoms with Crippen LogP contribution in [0.5, 0.6) is 0 Å². The predicted octanol–water partition coefficient (Wildman–Crippen LogP) is 1.39. The smallest absolute Gasteiger partial charge is 0.258 e. The van der Waals surface area contributed by atoms with Gasteiger partial charge in [-0.1, -0.05) is 5.01 Å². The average Bonchev–Trinajstić information content (AvgIpc) is 2.38. The van der Waals surface area contributed by atoms with E-state index in [4.69, 9.17) is 5.26 Å². The van der Waals surface area contributed by atoms with E-state index >= 15 is 0 Å². The second kappa shape index (κ2) is 5.57. The summed E-state index contributed by atoms with van der Waals surface area (Å²) >= 11 is 0. The highest BCUT2D eigenvalue weighted by Gasteiger charge is 2.36. The second-order valence-electron chi connectivity index (χ2n) is 3.44. The van der Waals surface area contributed by atoms with Gasteiger partial charge in [-0.05, 0) is 6.92 Å². The monoisotopic (exact) mass is 281 g/mol. The molecule has 0 bridgehead atoms. The van der Waals surface area contributed by atoms with Crippen LogP contribution in [0.25, 0.3) is 0 Å². The fourth-order valence-corrected chi connectivity index (χ4v) is 1.57. The lowest BCUT2D eigenvalue weighted by Crippen LogP contribution is -2.30. The Morgan fingerprint density at radius 3 is 1.85 bits per heavy atom. The van der Waals surface area contributed by atoms with Gasteiger partial charge in [0.05, 0.1) is 28.0 Å². The summed E-state index contributed by atoms with van der Waals surface area (Å²) in [6.07, 6.45) is 0. The summed E-state index contributed by atoms with van der Waals surface area (Å²) < 4.78 is 0. The van der Waals surface area contributed by atoms with Crippen molar-refractivity contribution in [2.75, 3.05) is 11.6 Å². The van der Waals surface area contributed by atoms with Crippen LogP contribution in [-0.2, 0) is 0 Å². The molecule has 11 heteroatoms. The minimum Gasteiger partial charge on any atom is -0.258 e. The highest BCUT2D eigenvalue weighted by Crippen LogP contribution is 2.38. The molecule has 1 aromatic rings. The third-order valence-corrected chi connectivity index (χ3v) is 2.35. The first-order chi connectivity index (χ1) is 9.33. The third-order valence-electron chi connectivity index (χ3n) is 2.35. The van der Waals surface area contributed by atoms with Crippen molar-refractivity contribution in [2.45, 2.75) is 6.92 Å². The molecule has 0 saturated carbocycles. The molecule has 0 unspecified atom stereocenters. The van der Waals surface area contributed by atoms with Gasteiger partial charge in [-0.3, -0.25) is 20.2 Å². The summed E-state index contributed by atoms with van der Waals surface area (Å²) in [5, 5.41) is 40.7.